The van der Waals surface area contributed by atoms with Gasteiger partial charge in [0.1, 0.15) is 0 Å². The van der Waals surface area contributed by atoms with Crippen molar-refractivity contribution in [1.82, 2.24) is 3.11 Å². The normalized spacial score (nSPS) is 18.9. The van der Waals surface area contributed by atoms with Gasteiger partial charge in [-0.15, -0.1) is 0 Å². The molecule has 1 saturated heterocycles. The highest BCUT2D eigenvalue weighted by Crippen LogP contribution is 2.23. The summed E-state index contributed by atoms with van der Waals surface area (Å²) in [5.74, 6) is 0. The SMILES string of the molecule is Nc1ccccc1N1CCCN(I)CC1. The topological polar surface area (TPSA) is 32.5 Å². The second-order valence-corrected chi connectivity index (χ2v) is 5.17. The Morgan fingerprint density at radius 2 is 1.87 bits per heavy atom. The summed E-state index contributed by atoms with van der Waals surface area (Å²) in [6, 6.07) is 8.12. The Balaban J connectivity index is 2.13. The molecule has 0 spiro atoms. The maximum absolute atomic E-state index is 5.98. The number of anilines is 2. The van der Waals surface area contributed by atoms with E-state index in [-0.39, 0.29) is 0 Å². The molecule has 0 saturated carbocycles. The monoisotopic (exact) mass is 317 g/mol. The largest absolute Gasteiger partial charge is 0.397 e. The van der Waals surface area contributed by atoms with Crippen LogP contribution in [0.15, 0.2) is 24.3 Å². The second kappa shape index (κ2) is 5.03. The molecule has 0 unspecified atom stereocenters. The number of nitrogen functional groups attached to an aromatic ring is 1. The minimum absolute atomic E-state index is 0.888. The van der Waals surface area contributed by atoms with Gasteiger partial charge in [-0.1, -0.05) is 12.1 Å². The fourth-order valence-corrected chi connectivity index (χ4v) is 2.46. The van der Waals surface area contributed by atoms with Gasteiger partial charge in [0.15, 0.2) is 0 Å². The Morgan fingerprint density at radius 1 is 1.07 bits per heavy atom. The van der Waals surface area contributed by atoms with Crippen molar-refractivity contribution in [2.24, 2.45) is 0 Å². The van der Waals surface area contributed by atoms with Gasteiger partial charge in [-0.05, 0) is 18.6 Å². The number of nitrogens with zero attached hydrogens (tertiary/aromatic N) is 2. The molecule has 2 N–H and O–H groups in total. The van der Waals surface area contributed by atoms with Crippen LogP contribution in [0.3, 0.4) is 0 Å². The molecule has 0 amide bonds. The van der Waals surface area contributed by atoms with E-state index in [1.54, 1.807) is 0 Å². The third-order valence-electron chi connectivity index (χ3n) is 2.72. The first-order valence-electron chi connectivity index (χ1n) is 5.27. The van der Waals surface area contributed by atoms with E-state index >= 15 is 0 Å². The number of hydrogen-bond acceptors (Lipinski definition) is 3. The Labute approximate surface area is 105 Å². The zero-order valence-electron chi connectivity index (χ0n) is 8.69. The first-order chi connectivity index (χ1) is 7.27. The van der Waals surface area contributed by atoms with E-state index in [0.717, 1.165) is 25.3 Å². The van der Waals surface area contributed by atoms with Crippen LogP contribution in [0.5, 0.6) is 0 Å². The zero-order chi connectivity index (χ0) is 10.7. The third kappa shape index (κ3) is 2.75. The number of hydrogen-bond donors (Lipinski definition) is 1. The Kier molecular flexibility index (Phi) is 3.69. The van der Waals surface area contributed by atoms with Gasteiger partial charge in [-0.2, -0.15) is 0 Å². The van der Waals surface area contributed by atoms with Crippen molar-refractivity contribution in [2.75, 3.05) is 36.8 Å². The summed E-state index contributed by atoms with van der Waals surface area (Å²) in [6.45, 7) is 4.45. The summed E-state index contributed by atoms with van der Waals surface area (Å²) in [6.07, 6.45) is 1.21. The van der Waals surface area contributed by atoms with E-state index < -0.39 is 0 Å². The molecule has 1 aliphatic heterocycles. The fraction of sp³-hybridized carbons (Fsp3) is 0.455. The summed E-state index contributed by atoms with van der Waals surface area (Å²) in [5.41, 5.74) is 8.05. The lowest BCUT2D eigenvalue weighted by Crippen LogP contribution is -2.27. The number of rotatable bonds is 1. The van der Waals surface area contributed by atoms with Gasteiger partial charge in [0, 0.05) is 49.0 Å². The quantitative estimate of drug-likeness (QED) is 0.489. The third-order valence-corrected chi connectivity index (χ3v) is 3.68. The van der Waals surface area contributed by atoms with E-state index in [1.165, 1.54) is 18.7 Å². The van der Waals surface area contributed by atoms with Crippen molar-refractivity contribution >= 4 is 34.2 Å². The van der Waals surface area contributed by atoms with Crippen LogP contribution < -0.4 is 10.6 Å². The number of nitrogens with two attached hydrogens (primary N) is 1. The summed E-state index contributed by atoms with van der Waals surface area (Å²) < 4.78 is 2.34. The van der Waals surface area contributed by atoms with Crippen LogP contribution in [-0.2, 0) is 0 Å². The highest BCUT2D eigenvalue weighted by molar-refractivity contribution is 14.1. The van der Waals surface area contributed by atoms with Crippen LogP contribution in [0.25, 0.3) is 0 Å². The number of para-hydroxylation sites is 2. The number of benzene rings is 1. The molecule has 3 nitrogen and oxygen atoms in total. The molecule has 0 radical (unpaired) electrons. The molecular weight excluding hydrogens is 301 g/mol. The summed E-state index contributed by atoms with van der Waals surface area (Å²) in [4.78, 5) is 2.38. The first-order valence-corrected chi connectivity index (χ1v) is 6.24. The van der Waals surface area contributed by atoms with Crippen LogP contribution in [0.1, 0.15) is 6.42 Å². The second-order valence-electron chi connectivity index (χ2n) is 3.81. The van der Waals surface area contributed by atoms with Gasteiger partial charge < -0.3 is 10.6 Å². The Hall–Kier alpha value is -0.490. The van der Waals surface area contributed by atoms with E-state index in [2.05, 4.69) is 43.0 Å². The molecule has 0 aromatic heterocycles. The summed E-state index contributed by atoms with van der Waals surface area (Å²) >= 11 is 2.40. The van der Waals surface area contributed by atoms with Crippen molar-refractivity contribution in [1.29, 1.82) is 0 Å². The Bertz CT molecular complexity index is 329. The fourth-order valence-electron chi connectivity index (χ4n) is 1.90. The average molecular weight is 317 g/mol. The molecule has 1 aromatic carbocycles. The van der Waals surface area contributed by atoms with Crippen molar-refractivity contribution in [3.8, 4) is 0 Å². The highest BCUT2D eigenvalue weighted by Gasteiger charge is 2.14. The molecule has 1 aliphatic rings. The van der Waals surface area contributed by atoms with Gasteiger partial charge >= 0.3 is 0 Å². The van der Waals surface area contributed by atoms with Gasteiger partial charge in [0.25, 0.3) is 0 Å². The van der Waals surface area contributed by atoms with Crippen molar-refractivity contribution in [2.45, 2.75) is 6.42 Å². The molecule has 0 bridgehead atoms. The molecule has 82 valence electrons. The van der Waals surface area contributed by atoms with E-state index in [4.69, 9.17) is 5.73 Å². The lowest BCUT2D eigenvalue weighted by Gasteiger charge is -2.23. The molecule has 1 aromatic rings. The molecule has 0 aliphatic carbocycles. The van der Waals surface area contributed by atoms with Crippen LogP contribution in [0.4, 0.5) is 11.4 Å². The lowest BCUT2D eigenvalue weighted by molar-refractivity contribution is 0.544. The minimum Gasteiger partial charge on any atom is -0.397 e. The molecule has 15 heavy (non-hydrogen) atoms. The van der Waals surface area contributed by atoms with Gasteiger partial charge in [-0.25, -0.2) is 3.11 Å². The zero-order valence-corrected chi connectivity index (χ0v) is 10.9. The molecule has 2 rings (SSSR count). The average Bonchev–Trinajstić information content (AvgIpc) is 2.44. The van der Waals surface area contributed by atoms with E-state index in [9.17, 15) is 0 Å². The molecule has 1 heterocycles. The molecule has 4 heteroatoms. The molecule has 0 atom stereocenters. The van der Waals surface area contributed by atoms with Crippen LogP contribution >= 0.6 is 22.9 Å². The van der Waals surface area contributed by atoms with Crippen molar-refractivity contribution in [3.63, 3.8) is 0 Å². The molecule has 1 fully saturated rings. The van der Waals surface area contributed by atoms with E-state index in [0.29, 0.717) is 0 Å². The van der Waals surface area contributed by atoms with Crippen LogP contribution in [0, 0.1) is 0 Å². The highest BCUT2D eigenvalue weighted by atomic mass is 127. The predicted molar refractivity (Wildman–Crippen MR) is 73.3 cm³/mol. The van der Waals surface area contributed by atoms with Gasteiger partial charge in [0.2, 0.25) is 0 Å². The van der Waals surface area contributed by atoms with E-state index in [1.807, 2.05) is 12.1 Å². The van der Waals surface area contributed by atoms with Crippen LogP contribution in [-0.4, -0.2) is 29.3 Å². The summed E-state index contributed by atoms with van der Waals surface area (Å²) in [7, 11) is 0. The number of halogens is 1. The smallest absolute Gasteiger partial charge is 0.0600 e. The van der Waals surface area contributed by atoms with Gasteiger partial charge in [0.05, 0.1) is 11.4 Å². The maximum atomic E-state index is 5.98. The maximum Gasteiger partial charge on any atom is 0.0600 e. The lowest BCUT2D eigenvalue weighted by atomic mass is 10.2. The Morgan fingerprint density at radius 3 is 2.67 bits per heavy atom. The van der Waals surface area contributed by atoms with Crippen molar-refractivity contribution < 1.29 is 0 Å². The summed E-state index contributed by atoms with van der Waals surface area (Å²) in [5, 5.41) is 0. The minimum atomic E-state index is 0.888. The predicted octanol–water partition coefficient (Wildman–Crippen LogP) is 2.13. The van der Waals surface area contributed by atoms with Gasteiger partial charge in [-0.3, -0.25) is 0 Å². The van der Waals surface area contributed by atoms with Crippen LogP contribution in [0.2, 0.25) is 0 Å². The first kappa shape index (κ1) is 11.0. The standard InChI is InChI=1S/C11H16IN3/c12-15-7-3-6-14(8-9-15)11-5-2-1-4-10(11)13/h1-2,4-5H,3,6-9,13H2. The molecular formula is C11H16IN3. The van der Waals surface area contributed by atoms with Crippen molar-refractivity contribution in [3.05, 3.63) is 24.3 Å².